The summed E-state index contributed by atoms with van der Waals surface area (Å²) in [5, 5.41) is -0.359. The molecule has 1 aromatic heterocycles. The topological polar surface area (TPSA) is 54.5 Å². The molecular formula is C12H15N3O2S4. The van der Waals surface area contributed by atoms with Crippen molar-refractivity contribution in [2.45, 2.75) is 12.2 Å². The highest BCUT2D eigenvalue weighted by Gasteiger charge is 2.16. The predicted octanol–water partition coefficient (Wildman–Crippen LogP) is 2.62. The first kappa shape index (κ1) is 18.1. The van der Waals surface area contributed by atoms with Crippen molar-refractivity contribution >= 4 is 68.4 Å². The summed E-state index contributed by atoms with van der Waals surface area (Å²) in [6.45, 7) is 1.73. The third-order valence-corrected chi connectivity index (χ3v) is 5.15. The zero-order valence-electron chi connectivity index (χ0n) is 11.7. The number of rotatable bonds is 3. The van der Waals surface area contributed by atoms with Gasteiger partial charge in [0, 0.05) is 37.1 Å². The molecule has 1 rings (SSSR count). The van der Waals surface area contributed by atoms with Crippen LogP contribution in [0.5, 0.6) is 0 Å². The van der Waals surface area contributed by atoms with Crippen molar-refractivity contribution in [1.82, 2.24) is 9.71 Å². The number of thioether (sulfide) groups is 1. The van der Waals surface area contributed by atoms with E-state index in [-0.39, 0.29) is 11.2 Å². The van der Waals surface area contributed by atoms with E-state index in [0.29, 0.717) is 8.64 Å². The first-order valence-corrected chi connectivity index (χ1v) is 8.36. The summed E-state index contributed by atoms with van der Waals surface area (Å²) in [5.41, 5.74) is 0.936. The molecule has 0 saturated heterocycles. The van der Waals surface area contributed by atoms with E-state index in [2.05, 4.69) is 14.4 Å². The lowest BCUT2D eigenvalue weighted by Gasteiger charge is -2.19. The third-order valence-electron chi connectivity index (χ3n) is 2.36. The van der Waals surface area contributed by atoms with Gasteiger partial charge in [0.15, 0.2) is 4.32 Å². The van der Waals surface area contributed by atoms with Crippen molar-refractivity contribution in [2.24, 2.45) is 0 Å². The zero-order chi connectivity index (χ0) is 15.8. The monoisotopic (exact) mass is 361 g/mol. The number of esters is 1. The molecule has 0 aromatic carbocycles. The van der Waals surface area contributed by atoms with E-state index >= 15 is 0 Å². The number of nitrogens with one attached hydrogen (secondary N) is 1. The smallest absolute Gasteiger partial charge is 0.318 e. The van der Waals surface area contributed by atoms with Crippen LogP contribution in [0.1, 0.15) is 6.92 Å². The summed E-state index contributed by atoms with van der Waals surface area (Å²) in [5.74, 6) is -0.314. The van der Waals surface area contributed by atoms with E-state index < -0.39 is 0 Å². The lowest BCUT2D eigenvalue weighted by atomic mass is 10.4. The fourth-order valence-corrected chi connectivity index (χ4v) is 3.26. The Hall–Kier alpha value is -0.900. The molecule has 114 valence electrons. The maximum atomic E-state index is 11.3. The Morgan fingerprint density at radius 3 is 2.62 bits per heavy atom. The minimum atomic E-state index is -0.359. The second-order valence-electron chi connectivity index (χ2n) is 3.81. The quantitative estimate of drug-likeness (QED) is 0.497. The number of ether oxygens (including phenoxy) is 1. The summed E-state index contributed by atoms with van der Waals surface area (Å²) in [6, 6.07) is 3.72. The predicted molar refractivity (Wildman–Crippen MR) is 97.6 cm³/mol. The van der Waals surface area contributed by atoms with Gasteiger partial charge < -0.3 is 14.4 Å². The molecule has 1 unspecified atom stereocenters. The van der Waals surface area contributed by atoms with Gasteiger partial charge in [0.05, 0.1) is 7.11 Å². The minimum Gasteiger partial charge on any atom is -0.468 e. The highest BCUT2D eigenvalue weighted by atomic mass is 32.2. The largest absolute Gasteiger partial charge is 0.468 e. The molecule has 0 aliphatic heterocycles. The van der Waals surface area contributed by atoms with Gasteiger partial charge in [0.25, 0.3) is 0 Å². The molecule has 1 aromatic rings. The third kappa shape index (κ3) is 6.16. The number of nitrogens with zero attached hydrogens (tertiary/aromatic N) is 2. The number of thiocarbonyl (C=S) groups is 2. The highest BCUT2D eigenvalue weighted by molar-refractivity contribution is 8.28. The average molecular weight is 362 g/mol. The van der Waals surface area contributed by atoms with Gasteiger partial charge >= 0.3 is 5.97 Å². The highest BCUT2D eigenvalue weighted by Crippen LogP contribution is 2.18. The molecule has 21 heavy (non-hydrogen) atoms. The van der Waals surface area contributed by atoms with Crippen molar-refractivity contribution in [1.29, 1.82) is 0 Å². The van der Waals surface area contributed by atoms with Crippen LogP contribution in [0.2, 0.25) is 0 Å². The normalized spacial score (nSPS) is 11.4. The van der Waals surface area contributed by atoms with E-state index in [4.69, 9.17) is 24.4 Å². The Morgan fingerprint density at radius 2 is 2.05 bits per heavy atom. The van der Waals surface area contributed by atoms with Crippen LogP contribution in [0.15, 0.2) is 24.5 Å². The molecule has 1 heterocycles. The number of methoxy groups -OCH3 is 1. The molecule has 0 radical (unpaired) electrons. The Kier molecular flexibility index (Phi) is 7.94. The maximum absolute atomic E-state index is 11.3. The second kappa shape index (κ2) is 9.19. The number of aromatic nitrogens is 1. The lowest BCUT2D eigenvalue weighted by Crippen LogP contribution is -2.27. The van der Waals surface area contributed by atoms with Crippen LogP contribution in [0, 0.1) is 0 Å². The van der Waals surface area contributed by atoms with Gasteiger partial charge in [0.1, 0.15) is 9.57 Å². The molecule has 0 bridgehead atoms. The second-order valence-corrected chi connectivity index (χ2v) is 7.26. The van der Waals surface area contributed by atoms with Crippen molar-refractivity contribution in [3.8, 4) is 0 Å². The SMILES string of the molecule is COC(=O)C(C)SC(=S)NSC(=S)N(C)c1ccncc1. The zero-order valence-corrected chi connectivity index (χ0v) is 15.0. The Morgan fingerprint density at radius 1 is 1.43 bits per heavy atom. The molecule has 0 amide bonds. The van der Waals surface area contributed by atoms with Gasteiger partial charge in [-0.2, -0.15) is 0 Å². The van der Waals surface area contributed by atoms with Gasteiger partial charge in [-0.25, -0.2) is 0 Å². The summed E-state index contributed by atoms with van der Waals surface area (Å²) in [6.07, 6.45) is 3.40. The van der Waals surface area contributed by atoms with Crippen LogP contribution in [0.25, 0.3) is 0 Å². The molecule has 9 heteroatoms. The maximum Gasteiger partial charge on any atom is 0.318 e. The van der Waals surface area contributed by atoms with Crippen LogP contribution >= 0.6 is 48.1 Å². The van der Waals surface area contributed by atoms with Gasteiger partial charge in [0.2, 0.25) is 0 Å². The fraction of sp³-hybridized carbons (Fsp3) is 0.333. The van der Waals surface area contributed by atoms with Crippen molar-refractivity contribution in [3.63, 3.8) is 0 Å². The molecule has 0 spiro atoms. The Bertz CT molecular complexity index is 512. The summed E-state index contributed by atoms with van der Waals surface area (Å²) >= 11 is 12.9. The van der Waals surface area contributed by atoms with Crippen LogP contribution in [0.4, 0.5) is 5.69 Å². The number of hydrogen-bond acceptors (Lipinski definition) is 7. The fourth-order valence-electron chi connectivity index (χ4n) is 1.23. The van der Waals surface area contributed by atoms with Crippen LogP contribution < -0.4 is 9.62 Å². The van der Waals surface area contributed by atoms with E-state index in [1.807, 2.05) is 24.1 Å². The number of carbonyl (C=O) groups excluding carboxylic acids is 1. The number of carbonyl (C=O) groups is 1. The van der Waals surface area contributed by atoms with E-state index in [1.54, 1.807) is 19.3 Å². The minimum absolute atomic E-state index is 0.314. The number of anilines is 1. The van der Waals surface area contributed by atoms with Gasteiger partial charge in [-0.3, -0.25) is 9.78 Å². The summed E-state index contributed by atoms with van der Waals surface area (Å²) in [7, 11) is 3.21. The number of hydrogen-bond donors (Lipinski definition) is 1. The van der Waals surface area contributed by atoms with E-state index in [9.17, 15) is 4.79 Å². The summed E-state index contributed by atoms with van der Waals surface area (Å²) < 4.78 is 8.67. The molecular weight excluding hydrogens is 346 g/mol. The van der Waals surface area contributed by atoms with E-state index in [0.717, 1.165) is 5.69 Å². The molecule has 0 fully saturated rings. The van der Waals surface area contributed by atoms with Crippen molar-refractivity contribution < 1.29 is 9.53 Å². The Balaban J connectivity index is 2.42. The first-order valence-electron chi connectivity index (χ1n) is 5.84. The molecule has 0 aliphatic rings. The van der Waals surface area contributed by atoms with Gasteiger partial charge in [-0.15, -0.1) is 0 Å². The average Bonchev–Trinajstić information content (AvgIpc) is 2.51. The Labute approximate surface area is 143 Å². The van der Waals surface area contributed by atoms with Crippen LogP contribution in [-0.4, -0.2) is 39.0 Å². The van der Waals surface area contributed by atoms with E-state index in [1.165, 1.54) is 30.8 Å². The first-order chi connectivity index (χ1) is 9.95. The molecule has 0 saturated carbocycles. The number of pyridine rings is 1. The van der Waals surface area contributed by atoms with Crippen LogP contribution in [-0.2, 0) is 9.53 Å². The van der Waals surface area contributed by atoms with Crippen molar-refractivity contribution in [3.05, 3.63) is 24.5 Å². The van der Waals surface area contributed by atoms with Gasteiger partial charge in [-0.1, -0.05) is 36.2 Å². The van der Waals surface area contributed by atoms with Gasteiger partial charge in [-0.05, 0) is 19.1 Å². The molecule has 1 atom stereocenters. The molecule has 5 nitrogen and oxygen atoms in total. The van der Waals surface area contributed by atoms with Crippen LogP contribution in [0.3, 0.4) is 0 Å². The molecule has 1 N–H and O–H groups in total. The summed E-state index contributed by atoms with van der Waals surface area (Å²) in [4.78, 5) is 17.1. The lowest BCUT2D eigenvalue weighted by molar-refractivity contribution is -0.139. The molecule has 0 aliphatic carbocycles. The van der Waals surface area contributed by atoms with Crippen molar-refractivity contribution in [2.75, 3.05) is 19.1 Å². The standard InChI is InChI=1S/C12H15N3O2S4/c1-8(10(16)17-3)20-11(18)14-21-12(19)15(2)9-4-6-13-7-5-9/h4-8H,1-3H3,(H,14,18).